The minimum absolute atomic E-state index is 0.0644. The van der Waals surface area contributed by atoms with E-state index < -0.39 is 0 Å². The van der Waals surface area contributed by atoms with E-state index in [-0.39, 0.29) is 27.4 Å². The average Bonchev–Trinajstić information content (AvgIpc) is 3.07. The number of nitrogens with one attached hydrogen (secondary N) is 2. The molecule has 7 nitrogen and oxygen atoms in total. The van der Waals surface area contributed by atoms with Crippen LogP contribution in [0.1, 0.15) is 58.6 Å². The van der Waals surface area contributed by atoms with Crippen LogP contribution in [0.5, 0.6) is 0 Å². The highest BCUT2D eigenvalue weighted by molar-refractivity contribution is 8.00. The van der Waals surface area contributed by atoms with Crippen molar-refractivity contribution < 1.29 is 9.59 Å². The van der Waals surface area contributed by atoms with Gasteiger partial charge in [-0.3, -0.25) is 9.69 Å². The fraction of sp³-hybridized carbons (Fsp3) is 0.250. The predicted molar refractivity (Wildman–Crippen MR) is 207 cm³/mol. The SMILES string of the molecule is CC(C)(C)Sc1ccc(NC(=O)C(c2ccccc2)c2ccccc2)cn1.CN(C(=O)Nc1ccc(SC(C)(C)C)nc1)c1ccccc1. The second kappa shape index (κ2) is 17.2. The van der Waals surface area contributed by atoms with Crippen molar-refractivity contribution in [3.8, 4) is 0 Å². The maximum atomic E-state index is 13.1. The fourth-order valence-corrected chi connectivity index (χ4v) is 6.37. The highest BCUT2D eigenvalue weighted by atomic mass is 32.2. The van der Waals surface area contributed by atoms with Crippen molar-refractivity contribution in [1.29, 1.82) is 0 Å². The van der Waals surface area contributed by atoms with Gasteiger partial charge in [-0.25, -0.2) is 14.8 Å². The van der Waals surface area contributed by atoms with E-state index in [4.69, 9.17) is 0 Å². The van der Waals surface area contributed by atoms with Crippen molar-refractivity contribution in [2.45, 2.75) is 67.0 Å². The summed E-state index contributed by atoms with van der Waals surface area (Å²) in [5.74, 6) is -0.429. The van der Waals surface area contributed by atoms with Gasteiger partial charge in [0.15, 0.2) is 0 Å². The number of aromatic nitrogens is 2. The summed E-state index contributed by atoms with van der Waals surface area (Å²) < 4.78 is 0.217. The maximum absolute atomic E-state index is 13.1. The van der Waals surface area contributed by atoms with Crippen LogP contribution in [0.15, 0.2) is 138 Å². The number of thioether (sulfide) groups is 2. The number of para-hydroxylation sites is 1. The van der Waals surface area contributed by atoms with Crippen LogP contribution in [-0.4, -0.2) is 38.4 Å². The van der Waals surface area contributed by atoms with Gasteiger partial charge in [-0.05, 0) is 47.5 Å². The summed E-state index contributed by atoms with van der Waals surface area (Å²) >= 11 is 3.40. The lowest BCUT2D eigenvalue weighted by Gasteiger charge is -2.19. The standard InChI is InChI=1S/C23H24N2OS.C17H21N3OS/c1-23(2,3)27-20-15-14-19(16-24-20)25-22(26)21(17-10-6-4-7-11-17)18-12-8-5-9-13-18;1-17(2,3)22-15-11-10-13(12-18-15)19-16(21)20(4)14-8-6-5-7-9-14/h4-16,21H,1-3H3,(H,25,26);5-12H,1-4H3,(H,19,21). The number of hydrogen-bond acceptors (Lipinski definition) is 6. The molecule has 0 fully saturated rings. The van der Waals surface area contributed by atoms with Crippen LogP contribution in [-0.2, 0) is 4.79 Å². The molecule has 0 atom stereocenters. The summed E-state index contributed by atoms with van der Waals surface area (Å²) in [5.41, 5.74) is 4.16. The second-order valence-corrected chi connectivity index (χ2v) is 17.0. The Morgan fingerprint density at radius 2 is 1.00 bits per heavy atom. The zero-order valence-electron chi connectivity index (χ0n) is 29.2. The first kappa shape index (κ1) is 37.2. The second-order valence-electron chi connectivity index (χ2n) is 13.3. The van der Waals surface area contributed by atoms with Crippen molar-refractivity contribution in [1.82, 2.24) is 9.97 Å². The van der Waals surface area contributed by atoms with Crippen molar-refractivity contribution in [2.75, 3.05) is 22.6 Å². The minimum Gasteiger partial charge on any atom is -0.324 e. The van der Waals surface area contributed by atoms with Crippen LogP contribution in [0, 0.1) is 0 Å². The molecule has 0 radical (unpaired) electrons. The number of benzene rings is 3. The summed E-state index contributed by atoms with van der Waals surface area (Å²) in [5, 5.41) is 7.76. The van der Waals surface area contributed by atoms with E-state index in [9.17, 15) is 9.59 Å². The maximum Gasteiger partial charge on any atom is 0.326 e. The average molecular weight is 692 g/mol. The van der Waals surface area contributed by atoms with Gasteiger partial charge in [-0.2, -0.15) is 0 Å². The first-order valence-corrected chi connectivity index (χ1v) is 17.7. The topological polar surface area (TPSA) is 87.2 Å². The van der Waals surface area contributed by atoms with Crippen LogP contribution < -0.4 is 15.5 Å². The van der Waals surface area contributed by atoms with Gasteiger partial charge in [-0.1, -0.05) is 120 Å². The van der Waals surface area contributed by atoms with Gasteiger partial charge in [0.25, 0.3) is 0 Å². The van der Waals surface area contributed by atoms with E-state index in [1.165, 1.54) is 0 Å². The Balaban J connectivity index is 0.000000226. The zero-order chi connectivity index (χ0) is 35.4. The molecule has 0 aliphatic rings. The van der Waals surface area contributed by atoms with Crippen molar-refractivity contribution >= 4 is 52.5 Å². The van der Waals surface area contributed by atoms with E-state index in [0.717, 1.165) is 26.9 Å². The molecule has 0 saturated carbocycles. The molecule has 3 amide bonds. The number of amides is 3. The summed E-state index contributed by atoms with van der Waals surface area (Å²) in [4.78, 5) is 35.7. The van der Waals surface area contributed by atoms with Crippen molar-refractivity contribution in [2.24, 2.45) is 0 Å². The summed E-state index contributed by atoms with van der Waals surface area (Å²) in [7, 11) is 1.74. The van der Waals surface area contributed by atoms with Crippen LogP contribution in [0.2, 0.25) is 0 Å². The van der Waals surface area contributed by atoms with Gasteiger partial charge in [-0.15, -0.1) is 23.5 Å². The molecule has 0 bridgehead atoms. The third-order valence-electron chi connectivity index (χ3n) is 6.79. The molecule has 0 aliphatic carbocycles. The molecule has 254 valence electrons. The number of carbonyl (C=O) groups excluding carboxylic acids is 2. The molecule has 0 saturated heterocycles. The third-order valence-corrected chi connectivity index (χ3v) is 8.92. The van der Waals surface area contributed by atoms with Crippen molar-refractivity contribution in [3.63, 3.8) is 0 Å². The largest absolute Gasteiger partial charge is 0.326 e. The fourth-order valence-electron chi connectivity index (χ4n) is 4.63. The zero-order valence-corrected chi connectivity index (χ0v) is 30.8. The molecule has 2 aromatic heterocycles. The number of urea groups is 1. The summed E-state index contributed by atoms with van der Waals surface area (Å²) in [6.45, 7) is 12.9. The van der Waals surface area contributed by atoms with Crippen LogP contribution in [0.25, 0.3) is 0 Å². The third kappa shape index (κ3) is 12.4. The molecule has 49 heavy (non-hydrogen) atoms. The molecule has 2 N–H and O–H groups in total. The predicted octanol–water partition coefficient (Wildman–Crippen LogP) is 10.4. The molecular weight excluding hydrogens is 647 g/mol. The van der Waals surface area contributed by atoms with E-state index in [1.807, 2.05) is 115 Å². The van der Waals surface area contributed by atoms with Gasteiger partial charge in [0.2, 0.25) is 5.91 Å². The Kier molecular flexibility index (Phi) is 13.0. The van der Waals surface area contributed by atoms with E-state index >= 15 is 0 Å². The number of carbonyl (C=O) groups is 2. The van der Waals surface area contributed by atoms with E-state index in [0.29, 0.717) is 11.4 Å². The quantitative estimate of drug-likeness (QED) is 0.158. The monoisotopic (exact) mass is 691 g/mol. The lowest BCUT2D eigenvalue weighted by Crippen LogP contribution is -2.31. The Morgan fingerprint density at radius 1 is 0.592 bits per heavy atom. The van der Waals surface area contributed by atoms with Crippen LogP contribution in [0.4, 0.5) is 21.9 Å². The number of rotatable bonds is 8. The van der Waals surface area contributed by atoms with Gasteiger partial charge in [0, 0.05) is 22.2 Å². The molecule has 2 heterocycles. The van der Waals surface area contributed by atoms with Gasteiger partial charge < -0.3 is 10.6 Å². The normalized spacial score (nSPS) is 11.3. The van der Waals surface area contributed by atoms with Gasteiger partial charge in [0.05, 0.1) is 39.7 Å². The smallest absolute Gasteiger partial charge is 0.324 e. The lowest BCUT2D eigenvalue weighted by molar-refractivity contribution is -0.116. The molecule has 5 aromatic rings. The lowest BCUT2D eigenvalue weighted by atomic mass is 9.90. The van der Waals surface area contributed by atoms with Gasteiger partial charge in [0.1, 0.15) is 0 Å². The molecule has 9 heteroatoms. The van der Waals surface area contributed by atoms with E-state index in [2.05, 4.69) is 62.1 Å². The Labute approximate surface area is 299 Å². The number of anilines is 3. The van der Waals surface area contributed by atoms with Crippen molar-refractivity contribution in [3.05, 3.63) is 139 Å². The summed E-state index contributed by atoms with van der Waals surface area (Å²) in [6, 6.07) is 36.7. The number of pyridine rings is 2. The summed E-state index contributed by atoms with van der Waals surface area (Å²) in [6.07, 6.45) is 3.41. The Morgan fingerprint density at radius 3 is 1.39 bits per heavy atom. The molecule has 0 aliphatic heterocycles. The number of nitrogens with zero attached hydrogens (tertiary/aromatic N) is 3. The highest BCUT2D eigenvalue weighted by Crippen LogP contribution is 2.32. The molecule has 3 aromatic carbocycles. The minimum atomic E-state index is -0.365. The Bertz CT molecular complexity index is 1720. The van der Waals surface area contributed by atoms with Gasteiger partial charge >= 0.3 is 6.03 Å². The first-order valence-electron chi connectivity index (χ1n) is 16.1. The number of hydrogen-bond donors (Lipinski definition) is 2. The molecular formula is C40H45N5O2S2. The van der Waals surface area contributed by atoms with Crippen LogP contribution >= 0.6 is 23.5 Å². The molecule has 0 unspecified atom stereocenters. The first-order chi connectivity index (χ1) is 23.3. The van der Waals surface area contributed by atoms with E-state index in [1.54, 1.807) is 47.9 Å². The van der Waals surface area contributed by atoms with Crippen LogP contribution in [0.3, 0.4) is 0 Å². The molecule has 0 spiro atoms. The Hall–Kier alpha value is -4.60. The molecule has 5 rings (SSSR count). The highest BCUT2D eigenvalue weighted by Gasteiger charge is 2.23.